The van der Waals surface area contributed by atoms with Crippen molar-refractivity contribution >= 4 is 11.0 Å². The van der Waals surface area contributed by atoms with Gasteiger partial charge in [-0.1, -0.05) is 19.9 Å². The highest BCUT2D eigenvalue weighted by molar-refractivity contribution is 5.75. The van der Waals surface area contributed by atoms with E-state index in [4.69, 9.17) is 0 Å². The summed E-state index contributed by atoms with van der Waals surface area (Å²) >= 11 is 0. The third kappa shape index (κ3) is 2.42. The van der Waals surface area contributed by atoms with E-state index in [-0.39, 0.29) is 0 Å². The maximum atomic E-state index is 4.58. The molecule has 0 saturated heterocycles. The van der Waals surface area contributed by atoms with Crippen molar-refractivity contribution in [1.82, 2.24) is 15.3 Å². The minimum absolute atomic E-state index is 0.636. The Hall–Kier alpha value is -1.35. The Bertz CT molecular complexity index is 471. The molecular formula is C13H19N3. The molecule has 1 aromatic heterocycles. The number of benzene rings is 1. The molecule has 16 heavy (non-hydrogen) atoms. The maximum Gasteiger partial charge on any atom is 0.107 e. The highest BCUT2D eigenvalue weighted by Gasteiger charge is 2.05. The van der Waals surface area contributed by atoms with Gasteiger partial charge < -0.3 is 10.3 Å². The largest absolute Gasteiger partial charge is 0.342 e. The van der Waals surface area contributed by atoms with E-state index < -0.39 is 0 Å². The van der Waals surface area contributed by atoms with E-state index >= 15 is 0 Å². The Morgan fingerprint density at radius 3 is 2.88 bits per heavy atom. The van der Waals surface area contributed by atoms with Gasteiger partial charge in [0.15, 0.2) is 0 Å². The summed E-state index contributed by atoms with van der Waals surface area (Å²) in [4.78, 5) is 7.96. The molecule has 0 unspecified atom stereocenters. The van der Waals surface area contributed by atoms with Crippen molar-refractivity contribution in [2.45, 2.75) is 26.8 Å². The van der Waals surface area contributed by atoms with Gasteiger partial charge in [-0.15, -0.1) is 0 Å². The number of hydrogen-bond acceptors (Lipinski definition) is 2. The molecule has 1 aromatic carbocycles. The number of fused-ring (bicyclic) bond motifs is 1. The van der Waals surface area contributed by atoms with E-state index in [9.17, 15) is 0 Å². The Morgan fingerprint density at radius 2 is 2.19 bits per heavy atom. The zero-order chi connectivity index (χ0) is 11.5. The predicted octanol–water partition coefficient (Wildman–Crippen LogP) is 2.48. The van der Waals surface area contributed by atoms with Crippen LogP contribution in [0, 0.1) is 5.92 Å². The van der Waals surface area contributed by atoms with Crippen LogP contribution < -0.4 is 5.32 Å². The standard InChI is InChI=1S/C13H19N3/c1-9(2)6-13-15-11-5-4-10(8-14-3)7-12(11)16-13/h4-5,7,9,14H,6,8H2,1-3H3,(H,15,16). The zero-order valence-electron chi connectivity index (χ0n) is 10.2. The van der Waals surface area contributed by atoms with E-state index in [2.05, 4.69) is 47.3 Å². The summed E-state index contributed by atoms with van der Waals surface area (Å²) in [6, 6.07) is 6.38. The molecule has 0 aliphatic carbocycles. The molecule has 3 heteroatoms. The fourth-order valence-electron chi connectivity index (χ4n) is 1.91. The van der Waals surface area contributed by atoms with Crippen LogP contribution in [0.15, 0.2) is 18.2 Å². The second-order valence-electron chi connectivity index (χ2n) is 4.66. The van der Waals surface area contributed by atoms with Gasteiger partial charge in [-0.3, -0.25) is 0 Å². The fourth-order valence-corrected chi connectivity index (χ4v) is 1.91. The molecule has 2 aromatic rings. The number of H-pyrrole nitrogens is 1. The van der Waals surface area contributed by atoms with Gasteiger partial charge in [0.05, 0.1) is 11.0 Å². The predicted molar refractivity (Wildman–Crippen MR) is 67.4 cm³/mol. The summed E-state index contributed by atoms with van der Waals surface area (Å²) in [7, 11) is 1.96. The van der Waals surface area contributed by atoms with Gasteiger partial charge >= 0.3 is 0 Å². The van der Waals surface area contributed by atoms with Gasteiger partial charge in [-0.05, 0) is 30.7 Å². The summed E-state index contributed by atoms with van der Waals surface area (Å²) in [5, 5.41) is 3.15. The van der Waals surface area contributed by atoms with Crippen molar-refractivity contribution < 1.29 is 0 Å². The Morgan fingerprint density at radius 1 is 1.38 bits per heavy atom. The summed E-state index contributed by atoms with van der Waals surface area (Å²) in [5.41, 5.74) is 3.49. The molecule has 0 saturated carbocycles. The van der Waals surface area contributed by atoms with Crippen molar-refractivity contribution in [3.8, 4) is 0 Å². The quantitative estimate of drug-likeness (QED) is 0.826. The fraction of sp³-hybridized carbons (Fsp3) is 0.462. The number of aromatic amines is 1. The van der Waals surface area contributed by atoms with Crippen LogP contribution in [0.3, 0.4) is 0 Å². The Kier molecular flexibility index (Phi) is 3.25. The Labute approximate surface area is 96.3 Å². The molecule has 2 N–H and O–H groups in total. The number of aromatic nitrogens is 2. The highest BCUT2D eigenvalue weighted by Crippen LogP contribution is 2.15. The lowest BCUT2D eigenvalue weighted by Gasteiger charge is -1.99. The first-order chi connectivity index (χ1) is 7.69. The van der Waals surface area contributed by atoms with Crippen LogP contribution in [0.4, 0.5) is 0 Å². The lowest BCUT2D eigenvalue weighted by atomic mass is 10.1. The van der Waals surface area contributed by atoms with E-state index in [0.717, 1.165) is 29.8 Å². The smallest absolute Gasteiger partial charge is 0.107 e. The molecule has 0 aliphatic heterocycles. The van der Waals surface area contributed by atoms with Crippen LogP contribution >= 0.6 is 0 Å². The van der Waals surface area contributed by atoms with Crippen LogP contribution in [0.5, 0.6) is 0 Å². The van der Waals surface area contributed by atoms with Crippen molar-refractivity contribution in [3.63, 3.8) is 0 Å². The Balaban J connectivity index is 2.30. The molecule has 0 fully saturated rings. The molecule has 0 spiro atoms. The summed E-state index contributed by atoms with van der Waals surface area (Å²) in [6.07, 6.45) is 1.01. The monoisotopic (exact) mass is 217 g/mol. The number of imidazole rings is 1. The van der Waals surface area contributed by atoms with Crippen molar-refractivity contribution in [1.29, 1.82) is 0 Å². The molecule has 0 amide bonds. The van der Waals surface area contributed by atoms with E-state index in [1.807, 2.05) is 7.05 Å². The molecule has 2 rings (SSSR count). The number of nitrogens with zero attached hydrogens (tertiary/aromatic N) is 1. The maximum absolute atomic E-state index is 4.58. The first-order valence-corrected chi connectivity index (χ1v) is 5.81. The van der Waals surface area contributed by atoms with Gasteiger partial charge in [-0.25, -0.2) is 4.98 Å². The zero-order valence-corrected chi connectivity index (χ0v) is 10.2. The lowest BCUT2D eigenvalue weighted by molar-refractivity contribution is 0.627. The molecule has 0 radical (unpaired) electrons. The average Bonchev–Trinajstić information content (AvgIpc) is 2.58. The highest BCUT2D eigenvalue weighted by atomic mass is 14.9. The topological polar surface area (TPSA) is 40.7 Å². The molecule has 0 bridgehead atoms. The third-order valence-corrected chi connectivity index (χ3v) is 2.58. The summed E-state index contributed by atoms with van der Waals surface area (Å²) in [6.45, 7) is 5.31. The first-order valence-electron chi connectivity index (χ1n) is 5.81. The molecule has 86 valence electrons. The van der Waals surface area contributed by atoms with Crippen molar-refractivity contribution in [2.24, 2.45) is 5.92 Å². The van der Waals surface area contributed by atoms with Gasteiger partial charge in [0, 0.05) is 13.0 Å². The summed E-state index contributed by atoms with van der Waals surface area (Å²) in [5.74, 6) is 1.73. The SMILES string of the molecule is CNCc1ccc2nc(CC(C)C)[nH]c2c1. The lowest BCUT2D eigenvalue weighted by Crippen LogP contribution is -2.04. The van der Waals surface area contributed by atoms with Gasteiger partial charge in [0.25, 0.3) is 0 Å². The van der Waals surface area contributed by atoms with Crippen LogP contribution in [-0.2, 0) is 13.0 Å². The normalized spacial score (nSPS) is 11.5. The molecule has 3 nitrogen and oxygen atoms in total. The third-order valence-electron chi connectivity index (χ3n) is 2.58. The van der Waals surface area contributed by atoms with Crippen molar-refractivity contribution in [2.75, 3.05) is 7.05 Å². The summed E-state index contributed by atoms with van der Waals surface area (Å²) < 4.78 is 0. The molecule has 1 heterocycles. The van der Waals surface area contributed by atoms with E-state index in [1.54, 1.807) is 0 Å². The average molecular weight is 217 g/mol. The molecule has 0 aliphatic rings. The molecular weight excluding hydrogens is 198 g/mol. The van der Waals surface area contributed by atoms with Crippen LogP contribution in [0.1, 0.15) is 25.2 Å². The van der Waals surface area contributed by atoms with Gasteiger partial charge in [0.2, 0.25) is 0 Å². The van der Waals surface area contributed by atoms with E-state index in [0.29, 0.717) is 5.92 Å². The number of nitrogens with one attached hydrogen (secondary N) is 2. The van der Waals surface area contributed by atoms with Crippen LogP contribution in [-0.4, -0.2) is 17.0 Å². The van der Waals surface area contributed by atoms with Crippen LogP contribution in [0.25, 0.3) is 11.0 Å². The number of rotatable bonds is 4. The second-order valence-corrected chi connectivity index (χ2v) is 4.66. The first kappa shape index (κ1) is 11.1. The minimum Gasteiger partial charge on any atom is -0.342 e. The van der Waals surface area contributed by atoms with Gasteiger partial charge in [-0.2, -0.15) is 0 Å². The minimum atomic E-state index is 0.636. The van der Waals surface area contributed by atoms with E-state index in [1.165, 1.54) is 5.56 Å². The second kappa shape index (κ2) is 4.66. The number of hydrogen-bond donors (Lipinski definition) is 2. The van der Waals surface area contributed by atoms with Crippen LogP contribution in [0.2, 0.25) is 0 Å². The van der Waals surface area contributed by atoms with Crippen molar-refractivity contribution in [3.05, 3.63) is 29.6 Å². The van der Waals surface area contributed by atoms with Gasteiger partial charge in [0.1, 0.15) is 5.82 Å². The molecule has 0 atom stereocenters.